The van der Waals surface area contributed by atoms with Gasteiger partial charge in [0.1, 0.15) is 45.5 Å². The molecule has 0 aliphatic heterocycles. The maximum atomic E-state index is 13.3. The standard InChI is InChI=1S/C37H41ClN6O5S2.C28H21ClN6O6S.C28H28N2O5S.C12H9ClO2/c1-10-28(45)31-32(39-9)33(38)44-35(31)40-34(41-44)26-13-11-12-14-27(26)43-51(47)49-30-20-25(18-16-23(30)3)42-50(46)48-29-19-24(17-15-22(29)2)37(7,8)21-36(4,5)6;1-16-8-6-7-11-21(16)31-27(36)32-22-13-12-17(29)14-19(22)24-33-25-20(15-30)23(26(35(25)34-24)40-28(37)39-2)41-42(38)18-9-4-3-5-10-18;1-19-12-15-26(20(2)18-19)35-17-7-16-29-28(32)24-14-13-22-23(27(24)31)10-6-11-25(22)30-36(33,34)21-8-4-3-5-9-21;1-7-5-10(13)11-8(6-14)3-2-4-9(11)12(7)15/h11-20,42-43H,10,21H2,1-8H3,(H,40,41);3-14H,1-2H3,(H,33,34)(H2,31,32,36);3-6,8-15,18,30-31H,7,16-17H2,1-2H3,(H,29,32);2-6,15H,1H3. The smallest absolute Gasteiger partial charge is 0.507 e. The number of sulfonamides is 1. The maximum absolute atomic E-state index is 13.3. The molecular weight excluding hydrogens is 1980 g/mol. The maximum Gasteiger partial charge on any atom is 0.515 e. The first-order valence-electron chi connectivity index (χ1n) is 44.5. The van der Waals surface area contributed by atoms with Crippen LogP contribution in [0.1, 0.15) is 136 Å². The Hall–Kier alpha value is -15.5. The van der Waals surface area contributed by atoms with Gasteiger partial charge in [0.05, 0.1) is 64.0 Å². The van der Waals surface area contributed by atoms with E-state index in [2.05, 4.69) is 107 Å². The van der Waals surface area contributed by atoms with Gasteiger partial charge in [0, 0.05) is 73.0 Å². The van der Waals surface area contributed by atoms with Gasteiger partial charge in [-0.3, -0.25) is 38.7 Å². The Labute approximate surface area is 852 Å². The predicted octanol–water partition coefficient (Wildman–Crippen LogP) is 24.1. The molecule has 3 amide bonds. The number of aromatic hydroxyl groups is 2. The topological polar surface area (TPSA) is 433 Å². The van der Waals surface area contributed by atoms with E-state index in [-0.39, 0.29) is 101 Å². The molecule has 12 aromatic carbocycles. The van der Waals surface area contributed by atoms with Crippen molar-refractivity contribution in [2.24, 2.45) is 5.41 Å². The molecule has 0 saturated carbocycles. The molecule has 742 valence electrons. The third-order valence-corrected chi connectivity index (χ3v) is 27.1. The first-order chi connectivity index (χ1) is 68.7. The van der Waals surface area contributed by atoms with Crippen LogP contribution in [0.5, 0.6) is 40.4 Å². The highest BCUT2D eigenvalue weighted by Gasteiger charge is 2.33. The number of ketones is 1. The lowest BCUT2D eigenvalue weighted by Crippen LogP contribution is -2.25. The Morgan fingerprint density at radius 2 is 1.24 bits per heavy atom. The van der Waals surface area contributed by atoms with Gasteiger partial charge < -0.3 is 52.9 Å². The van der Waals surface area contributed by atoms with E-state index in [0.29, 0.717) is 124 Å². The van der Waals surface area contributed by atoms with Gasteiger partial charge in [-0.25, -0.2) is 41.5 Å². The Bertz CT molecular complexity index is 7890. The largest absolute Gasteiger partial charge is 0.515 e. The molecule has 0 radical (unpaired) electrons. The van der Waals surface area contributed by atoms with Crippen LogP contribution in [-0.4, -0.2) is 111 Å². The molecule has 0 fully saturated rings. The number of hydrogen-bond acceptors (Lipinski definition) is 21. The molecule has 32 nitrogen and oxygen atoms in total. The summed E-state index contributed by atoms with van der Waals surface area (Å²) < 4.78 is 109. The second-order valence-electron chi connectivity index (χ2n) is 34.6. The highest BCUT2D eigenvalue weighted by Crippen LogP contribution is 2.45. The predicted molar refractivity (Wildman–Crippen MR) is 562 cm³/mol. The molecule has 4 aromatic heterocycles. The van der Waals surface area contributed by atoms with Crippen molar-refractivity contribution in [2.75, 3.05) is 45.1 Å². The van der Waals surface area contributed by atoms with E-state index in [1.807, 2.05) is 70.2 Å². The molecular formula is C105H99Cl3N14O18S4. The lowest BCUT2D eigenvalue weighted by Gasteiger charge is -2.33. The Morgan fingerprint density at radius 1 is 0.611 bits per heavy atom. The van der Waals surface area contributed by atoms with E-state index in [1.165, 1.54) is 32.8 Å². The number of anilines is 5. The van der Waals surface area contributed by atoms with Gasteiger partial charge in [-0.05, 0) is 196 Å². The van der Waals surface area contributed by atoms with E-state index in [1.54, 1.807) is 191 Å². The molecule has 0 bridgehead atoms. The number of phenolic OH excluding ortho intramolecular Hbond substituents is 2. The molecule has 0 spiro atoms. The molecule has 16 aromatic rings. The van der Waals surface area contributed by atoms with Crippen LogP contribution in [0, 0.1) is 64.9 Å². The highest BCUT2D eigenvalue weighted by molar-refractivity contribution is 7.92. The van der Waals surface area contributed by atoms with Gasteiger partial charge in [-0.2, -0.15) is 18.2 Å². The number of urea groups is 1. The number of rotatable bonds is 30. The van der Waals surface area contributed by atoms with Crippen LogP contribution < -0.4 is 52.1 Å². The van der Waals surface area contributed by atoms with Gasteiger partial charge in [0.2, 0.25) is 22.5 Å². The number of carbonyl (C=O) groups excluding carboxylic acids is 5. The summed E-state index contributed by atoms with van der Waals surface area (Å²) in [7, 11) is -2.71. The summed E-state index contributed by atoms with van der Waals surface area (Å²) in [5, 5.41) is 47.9. The quantitative estimate of drug-likeness (QED) is 0.00657. The number of H-pyrrole nitrogens is 2. The van der Waals surface area contributed by atoms with Gasteiger partial charge in [0.25, 0.3) is 21.8 Å². The first-order valence-corrected chi connectivity index (χ1v) is 50.4. The van der Waals surface area contributed by atoms with Crippen molar-refractivity contribution in [1.29, 1.82) is 5.26 Å². The third kappa shape index (κ3) is 25.3. The normalized spacial score (nSPS) is 11.8. The number of para-hydroxylation sites is 2. The number of ether oxygens (including phenoxy) is 3. The van der Waals surface area contributed by atoms with E-state index in [0.717, 1.165) is 47.8 Å². The molecule has 0 aliphatic carbocycles. The number of aromatic amines is 2. The molecule has 10 N–H and O–H groups in total. The Morgan fingerprint density at radius 3 is 1.92 bits per heavy atom. The van der Waals surface area contributed by atoms with Crippen molar-refractivity contribution in [3.8, 4) is 69.2 Å². The number of aldehydes is 1. The van der Waals surface area contributed by atoms with Crippen molar-refractivity contribution in [3.05, 3.63) is 324 Å². The fraction of sp³-hybridized carbons (Fsp3) is 0.190. The van der Waals surface area contributed by atoms with Crippen molar-refractivity contribution in [1.82, 2.24) is 34.5 Å². The summed E-state index contributed by atoms with van der Waals surface area (Å²) in [6, 6.07) is 68.5. The van der Waals surface area contributed by atoms with Gasteiger partial charge in [0.15, 0.2) is 35.0 Å². The fourth-order valence-corrected chi connectivity index (χ4v) is 19.8. The number of benzene rings is 12. The number of fused-ring (bicyclic) bond motifs is 4. The molecule has 3 unspecified atom stereocenters. The second kappa shape index (κ2) is 46.5. The summed E-state index contributed by atoms with van der Waals surface area (Å²) in [5.74, 6) is 0.775. The number of methoxy groups -OCH3 is 1. The summed E-state index contributed by atoms with van der Waals surface area (Å²) in [4.78, 5) is 74.1. The summed E-state index contributed by atoms with van der Waals surface area (Å²) >= 11 is 12.7. The Balaban J connectivity index is 0.000000170. The average Bonchev–Trinajstić information content (AvgIpc) is 1.61. The van der Waals surface area contributed by atoms with Crippen LogP contribution in [0.3, 0.4) is 0 Å². The zero-order valence-electron chi connectivity index (χ0n) is 80.0. The zero-order chi connectivity index (χ0) is 104. The lowest BCUT2D eigenvalue weighted by molar-refractivity contribution is 0.0947. The van der Waals surface area contributed by atoms with E-state index >= 15 is 0 Å². The number of carbonyl (C=O) groups is 5. The molecule has 4 heterocycles. The van der Waals surface area contributed by atoms with E-state index < -0.39 is 61.7 Å². The molecule has 0 saturated heterocycles. The molecule has 3 atom stereocenters. The van der Waals surface area contributed by atoms with E-state index in [4.69, 9.17) is 63.4 Å². The van der Waals surface area contributed by atoms with E-state index in [9.17, 15) is 60.5 Å². The average molecular weight is 2080 g/mol. The second-order valence-corrected chi connectivity index (χ2v) is 40.3. The van der Waals surface area contributed by atoms with Gasteiger partial charge >= 0.3 is 34.7 Å². The molecule has 16 rings (SSSR count). The van der Waals surface area contributed by atoms with Gasteiger partial charge in [-0.1, -0.05) is 215 Å². The van der Waals surface area contributed by atoms with Crippen molar-refractivity contribution < 1.29 is 82.0 Å². The number of Topliss-reactive ketones (excluding diaryl/α,β-unsaturated/α-hetero) is 1. The SMILES string of the molecule is COC(=O)Oc1c(OS(=O)c2ccccc2)c(C#N)c2nc(-c3cc(Cl)ccc3NC(=O)Nc3ccccc3C)[nH]n12.Cc1cc(Cl)c2c(C=O)cccc2c1O.Cc1ccc(OCCCNC(=O)c2ccc3c(NS(=O)(=O)c4ccccc4)cccc3c2O)c(C)c1.[C-]#[N+]c1c(C(=O)CC)c2nc(-c3ccccc3NS(=O)Oc3cc(NS(=O)Oc4cc(C(C)(C)CC(C)(C)C)ccc4C)ccc3C)[nH]n2c1Cl. The number of amides is 3. The molecule has 144 heavy (non-hydrogen) atoms. The van der Waals surface area contributed by atoms with Crippen LogP contribution in [0.25, 0.3) is 60.5 Å². The number of phenols is 2. The Kier molecular flexibility index (Phi) is 34.1. The van der Waals surface area contributed by atoms with Crippen LogP contribution in [0.2, 0.25) is 15.2 Å². The minimum absolute atomic E-state index is 0.0123. The highest BCUT2D eigenvalue weighted by atomic mass is 35.5. The van der Waals surface area contributed by atoms with Crippen LogP contribution in [0.4, 0.5) is 43.7 Å². The fourth-order valence-electron chi connectivity index (χ4n) is 15.6. The van der Waals surface area contributed by atoms with Crippen LogP contribution in [-0.2, 0) is 53.8 Å². The number of nitrogens with zero attached hydrogens (tertiary/aromatic N) is 6. The summed E-state index contributed by atoms with van der Waals surface area (Å²) in [6.45, 7) is 32.4. The van der Waals surface area contributed by atoms with Crippen molar-refractivity contribution >= 4 is 176 Å². The number of hydrogen-bond donors (Lipinski definition) is 10. The number of aryl methyl sites for hydroxylation is 6. The minimum atomic E-state index is -3.81. The van der Waals surface area contributed by atoms with Crippen LogP contribution >= 0.6 is 34.8 Å². The summed E-state index contributed by atoms with van der Waals surface area (Å²) in [6.07, 6.45) is 1.35. The zero-order valence-corrected chi connectivity index (χ0v) is 85.5. The minimum Gasteiger partial charge on any atom is -0.507 e. The number of aromatic nitrogens is 6. The third-order valence-electron chi connectivity index (χ3n) is 22.4. The monoisotopic (exact) mass is 2080 g/mol. The van der Waals surface area contributed by atoms with Gasteiger partial charge in [-0.15, -0.1) is 0 Å². The first kappa shape index (κ1) is 106. The van der Waals surface area contributed by atoms with Crippen molar-refractivity contribution in [2.45, 2.75) is 118 Å². The molecule has 0 aliphatic rings. The number of nitriles is 1. The lowest BCUT2D eigenvalue weighted by atomic mass is 9.72. The van der Waals surface area contributed by atoms with Crippen molar-refractivity contribution in [3.63, 3.8) is 0 Å². The van der Waals surface area contributed by atoms with Crippen LogP contribution in [0.15, 0.2) is 246 Å². The molecule has 39 heteroatoms. The number of nitrogens with one attached hydrogen (secondary N) is 8. The summed E-state index contributed by atoms with van der Waals surface area (Å²) in [5.41, 5.74) is 10.3. The number of halogens is 3.